The number of imidazole rings is 1. The van der Waals surface area contributed by atoms with Crippen LogP contribution in [0.2, 0.25) is 0 Å². The second-order valence-corrected chi connectivity index (χ2v) is 5.14. The fourth-order valence-corrected chi connectivity index (χ4v) is 2.59. The Labute approximate surface area is 124 Å². The zero-order valence-electron chi connectivity index (χ0n) is 12.6. The third kappa shape index (κ3) is 2.23. The lowest BCUT2D eigenvalue weighted by Gasteiger charge is -2.10. The van der Waals surface area contributed by atoms with E-state index in [0.29, 0.717) is 12.4 Å². The summed E-state index contributed by atoms with van der Waals surface area (Å²) < 4.78 is 7.69. The first-order valence-electron chi connectivity index (χ1n) is 7.09. The summed E-state index contributed by atoms with van der Waals surface area (Å²) in [5, 5.41) is 0. The molecule has 2 aromatic heterocycles. The molecule has 4 nitrogen and oxygen atoms in total. The number of benzene rings is 1. The van der Waals surface area contributed by atoms with Gasteiger partial charge in [-0.25, -0.2) is 4.98 Å². The minimum Gasteiger partial charge on any atom is -0.493 e. The van der Waals surface area contributed by atoms with E-state index in [1.54, 1.807) is 0 Å². The number of pyridine rings is 1. The zero-order chi connectivity index (χ0) is 15.0. The van der Waals surface area contributed by atoms with Crippen LogP contribution in [0.25, 0.3) is 16.9 Å². The van der Waals surface area contributed by atoms with Gasteiger partial charge in [-0.3, -0.25) is 4.40 Å². The predicted molar refractivity (Wildman–Crippen MR) is 85.7 cm³/mol. The molecule has 0 aliphatic carbocycles. The number of fused-ring (bicyclic) bond motifs is 1. The SMILES string of the molecule is CCOc1ccc(C)cc1-c1nc2cccc(C)n2c1N. The highest BCUT2D eigenvalue weighted by atomic mass is 16.5. The van der Waals surface area contributed by atoms with Crippen LogP contribution in [0.5, 0.6) is 5.75 Å². The topological polar surface area (TPSA) is 52.5 Å². The molecular weight excluding hydrogens is 262 g/mol. The summed E-state index contributed by atoms with van der Waals surface area (Å²) in [6.45, 7) is 6.66. The van der Waals surface area contributed by atoms with Gasteiger partial charge < -0.3 is 10.5 Å². The minimum absolute atomic E-state index is 0.613. The van der Waals surface area contributed by atoms with E-state index < -0.39 is 0 Å². The number of aryl methyl sites for hydroxylation is 2. The average molecular weight is 281 g/mol. The van der Waals surface area contributed by atoms with Crippen molar-refractivity contribution in [3.05, 3.63) is 47.7 Å². The molecule has 0 saturated heterocycles. The first-order valence-corrected chi connectivity index (χ1v) is 7.09. The molecule has 0 amide bonds. The van der Waals surface area contributed by atoms with Crippen LogP contribution in [0, 0.1) is 13.8 Å². The lowest BCUT2D eigenvalue weighted by atomic mass is 10.1. The Hall–Kier alpha value is -2.49. The van der Waals surface area contributed by atoms with Crippen molar-refractivity contribution in [3.63, 3.8) is 0 Å². The van der Waals surface area contributed by atoms with Gasteiger partial charge in [0.25, 0.3) is 0 Å². The van der Waals surface area contributed by atoms with E-state index in [1.807, 2.05) is 48.6 Å². The van der Waals surface area contributed by atoms with Crippen molar-refractivity contribution in [3.8, 4) is 17.0 Å². The molecule has 1 aromatic carbocycles. The summed E-state index contributed by atoms with van der Waals surface area (Å²) in [5.74, 6) is 1.46. The van der Waals surface area contributed by atoms with Crippen LogP contribution in [-0.4, -0.2) is 16.0 Å². The Morgan fingerprint density at radius 2 is 2.00 bits per heavy atom. The molecule has 4 heteroatoms. The number of anilines is 1. The van der Waals surface area contributed by atoms with Crippen LogP contribution in [0.4, 0.5) is 5.82 Å². The van der Waals surface area contributed by atoms with E-state index in [9.17, 15) is 0 Å². The summed E-state index contributed by atoms with van der Waals surface area (Å²) in [6, 6.07) is 12.0. The highest BCUT2D eigenvalue weighted by molar-refractivity contribution is 5.79. The van der Waals surface area contributed by atoms with Crippen molar-refractivity contribution in [2.45, 2.75) is 20.8 Å². The second-order valence-electron chi connectivity index (χ2n) is 5.14. The maximum Gasteiger partial charge on any atom is 0.139 e. The number of aromatic nitrogens is 2. The van der Waals surface area contributed by atoms with Gasteiger partial charge >= 0.3 is 0 Å². The summed E-state index contributed by atoms with van der Waals surface area (Å²) >= 11 is 0. The van der Waals surface area contributed by atoms with Gasteiger partial charge in [-0.1, -0.05) is 17.7 Å². The van der Waals surface area contributed by atoms with Crippen LogP contribution < -0.4 is 10.5 Å². The molecule has 0 bridgehead atoms. The third-order valence-corrected chi connectivity index (χ3v) is 3.56. The van der Waals surface area contributed by atoms with E-state index in [-0.39, 0.29) is 0 Å². The second kappa shape index (κ2) is 5.13. The van der Waals surface area contributed by atoms with Gasteiger partial charge in [0.15, 0.2) is 0 Å². The van der Waals surface area contributed by atoms with Gasteiger partial charge in [0.2, 0.25) is 0 Å². The summed E-state index contributed by atoms with van der Waals surface area (Å²) in [4.78, 5) is 4.69. The Balaban J connectivity index is 2.28. The molecule has 0 aliphatic rings. The van der Waals surface area contributed by atoms with Crippen molar-refractivity contribution >= 4 is 11.5 Å². The van der Waals surface area contributed by atoms with Gasteiger partial charge in [-0.2, -0.15) is 0 Å². The Kier molecular flexibility index (Phi) is 3.29. The van der Waals surface area contributed by atoms with Crippen LogP contribution in [0.3, 0.4) is 0 Å². The van der Waals surface area contributed by atoms with Crippen molar-refractivity contribution in [1.29, 1.82) is 0 Å². The first kappa shape index (κ1) is 13.5. The highest BCUT2D eigenvalue weighted by Gasteiger charge is 2.16. The first-order chi connectivity index (χ1) is 10.1. The molecule has 0 aliphatic heterocycles. The molecule has 0 unspecified atom stereocenters. The summed E-state index contributed by atoms with van der Waals surface area (Å²) in [7, 11) is 0. The smallest absolute Gasteiger partial charge is 0.139 e. The van der Waals surface area contributed by atoms with E-state index in [1.165, 1.54) is 0 Å². The van der Waals surface area contributed by atoms with Crippen molar-refractivity contribution in [2.75, 3.05) is 12.3 Å². The van der Waals surface area contributed by atoms with Crippen LogP contribution in [-0.2, 0) is 0 Å². The molecule has 0 radical (unpaired) electrons. The van der Waals surface area contributed by atoms with Gasteiger partial charge in [-0.15, -0.1) is 0 Å². The molecule has 2 N–H and O–H groups in total. The average Bonchev–Trinajstić information content (AvgIpc) is 2.79. The van der Waals surface area contributed by atoms with Gasteiger partial charge in [0.1, 0.15) is 22.9 Å². The largest absolute Gasteiger partial charge is 0.493 e. The molecule has 21 heavy (non-hydrogen) atoms. The lowest BCUT2D eigenvalue weighted by Crippen LogP contribution is -1.99. The van der Waals surface area contributed by atoms with Crippen molar-refractivity contribution in [2.24, 2.45) is 0 Å². The lowest BCUT2D eigenvalue weighted by molar-refractivity contribution is 0.341. The van der Waals surface area contributed by atoms with Crippen LogP contribution >= 0.6 is 0 Å². The molecule has 108 valence electrons. The number of rotatable bonds is 3. The Morgan fingerprint density at radius 1 is 1.19 bits per heavy atom. The number of nitrogens with two attached hydrogens (primary N) is 1. The predicted octanol–water partition coefficient (Wildman–Crippen LogP) is 3.60. The zero-order valence-corrected chi connectivity index (χ0v) is 12.6. The molecule has 3 aromatic rings. The fourth-order valence-electron chi connectivity index (χ4n) is 2.59. The van der Waals surface area contributed by atoms with E-state index in [2.05, 4.69) is 18.0 Å². The van der Waals surface area contributed by atoms with Gasteiger partial charge in [0, 0.05) is 11.3 Å². The maximum absolute atomic E-state index is 6.33. The Bertz CT molecular complexity index is 805. The minimum atomic E-state index is 0.613. The normalized spacial score (nSPS) is 11.0. The van der Waals surface area contributed by atoms with Gasteiger partial charge in [0.05, 0.1) is 6.61 Å². The number of nitrogen functional groups attached to an aromatic ring is 1. The molecule has 0 saturated carbocycles. The molecule has 2 heterocycles. The number of hydrogen-bond donors (Lipinski definition) is 1. The monoisotopic (exact) mass is 281 g/mol. The van der Waals surface area contributed by atoms with Gasteiger partial charge in [-0.05, 0) is 45.0 Å². The van der Waals surface area contributed by atoms with Crippen LogP contribution in [0.15, 0.2) is 36.4 Å². The summed E-state index contributed by atoms with van der Waals surface area (Å²) in [5.41, 5.74) is 11.1. The number of ether oxygens (including phenoxy) is 1. The molecular formula is C17H19N3O. The standard InChI is InChI=1S/C17H19N3O/c1-4-21-14-9-8-11(2)10-13(14)16-17(18)20-12(3)6-5-7-15(20)19-16/h5-10H,4,18H2,1-3H3. The number of hydrogen-bond acceptors (Lipinski definition) is 3. The van der Waals surface area contributed by atoms with Crippen molar-refractivity contribution < 1.29 is 4.74 Å². The maximum atomic E-state index is 6.33. The van der Waals surface area contributed by atoms with Crippen LogP contribution in [0.1, 0.15) is 18.2 Å². The molecule has 0 atom stereocenters. The highest BCUT2D eigenvalue weighted by Crippen LogP contribution is 2.35. The van der Waals surface area contributed by atoms with E-state index in [4.69, 9.17) is 10.5 Å². The van der Waals surface area contributed by atoms with E-state index in [0.717, 1.165) is 33.9 Å². The molecule has 3 rings (SSSR count). The third-order valence-electron chi connectivity index (χ3n) is 3.56. The summed E-state index contributed by atoms with van der Waals surface area (Å²) in [6.07, 6.45) is 0. The Morgan fingerprint density at radius 3 is 2.71 bits per heavy atom. The van der Waals surface area contributed by atoms with Crippen molar-refractivity contribution in [1.82, 2.24) is 9.38 Å². The fraction of sp³-hybridized carbons (Fsp3) is 0.235. The number of nitrogens with zero attached hydrogens (tertiary/aromatic N) is 2. The molecule has 0 spiro atoms. The quantitative estimate of drug-likeness (QED) is 0.798. The van der Waals surface area contributed by atoms with E-state index >= 15 is 0 Å². The molecule has 0 fully saturated rings.